The van der Waals surface area contributed by atoms with Crippen LogP contribution in [-0.4, -0.2) is 15.8 Å². The third kappa shape index (κ3) is 2.62. The predicted molar refractivity (Wildman–Crippen MR) is 85.1 cm³/mol. The number of aryl methyl sites for hydroxylation is 2. The van der Waals surface area contributed by atoms with Crippen LogP contribution in [0.5, 0.6) is 0 Å². The number of nitrogens with zero attached hydrogens (tertiary/aromatic N) is 2. The van der Waals surface area contributed by atoms with Crippen molar-refractivity contribution in [1.29, 1.82) is 0 Å². The summed E-state index contributed by atoms with van der Waals surface area (Å²) in [6, 6.07) is 11.0. The van der Waals surface area contributed by atoms with Gasteiger partial charge in [0, 0.05) is 5.39 Å². The van der Waals surface area contributed by atoms with Crippen LogP contribution < -0.4 is 5.32 Å². The van der Waals surface area contributed by atoms with Crippen molar-refractivity contribution >= 4 is 34.2 Å². The average Bonchev–Trinajstić information content (AvgIpc) is 2.85. The number of aromatic nitrogens is 2. The van der Waals surface area contributed by atoms with Gasteiger partial charge in [0.2, 0.25) is 0 Å². The van der Waals surface area contributed by atoms with Crippen molar-refractivity contribution in [3.05, 3.63) is 58.7 Å². The second-order valence-corrected chi connectivity index (χ2v) is 5.44. The average molecular weight is 300 g/mol. The summed E-state index contributed by atoms with van der Waals surface area (Å²) < 4.78 is 1.35. The number of amides is 1. The first-order valence-corrected chi connectivity index (χ1v) is 6.94. The summed E-state index contributed by atoms with van der Waals surface area (Å²) in [7, 11) is 0. The van der Waals surface area contributed by atoms with Gasteiger partial charge in [-0.1, -0.05) is 29.8 Å². The zero-order valence-electron chi connectivity index (χ0n) is 11.7. The third-order valence-corrected chi connectivity index (χ3v) is 3.60. The Kier molecular flexibility index (Phi) is 3.39. The first-order chi connectivity index (χ1) is 10.0. The monoisotopic (exact) mass is 299 g/mol. The highest BCUT2D eigenvalue weighted by Crippen LogP contribution is 2.23. The van der Waals surface area contributed by atoms with Crippen molar-refractivity contribution in [3.8, 4) is 0 Å². The van der Waals surface area contributed by atoms with E-state index in [0.717, 1.165) is 22.0 Å². The lowest BCUT2D eigenvalue weighted by Crippen LogP contribution is -2.20. The van der Waals surface area contributed by atoms with Crippen LogP contribution in [0.2, 0.25) is 5.02 Å². The molecule has 0 aliphatic heterocycles. The number of halogens is 1. The van der Waals surface area contributed by atoms with Gasteiger partial charge in [-0.3, -0.25) is 0 Å². The molecule has 3 rings (SSSR count). The SMILES string of the molecule is Cc1ccc(NC(=O)n2ncc3ccc(C)cc32)c(Cl)c1. The lowest BCUT2D eigenvalue weighted by molar-refractivity contribution is 0.252. The molecule has 0 unspecified atom stereocenters. The first-order valence-electron chi connectivity index (χ1n) is 6.56. The van der Waals surface area contributed by atoms with Crippen LogP contribution in [0.4, 0.5) is 10.5 Å². The highest BCUT2D eigenvalue weighted by Gasteiger charge is 2.12. The molecule has 4 nitrogen and oxygen atoms in total. The highest BCUT2D eigenvalue weighted by atomic mass is 35.5. The molecule has 1 N–H and O–H groups in total. The number of carbonyl (C=O) groups is 1. The van der Waals surface area contributed by atoms with Crippen LogP contribution >= 0.6 is 11.6 Å². The molecular formula is C16H14ClN3O. The van der Waals surface area contributed by atoms with Gasteiger partial charge in [0.05, 0.1) is 22.4 Å². The third-order valence-electron chi connectivity index (χ3n) is 3.28. The predicted octanol–water partition coefficient (Wildman–Crippen LogP) is 4.39. The first kappa shape index (κ1) is 13.6. The van der Waals surface area contributed by atoms with E-state index in [-0.39, 0.29) is 6.03 Å². The molecule has 5 heteroatoms. The van der Waals surface area contributed by atoms with E-state index in [9.17, 15) is 4.79 Å². The summed E-state index contributed by atoms with van der Waals surface area (Å²) in [4.78, 5) is 12.4. The van der Waals surface area contributed by atoms with Gasteiger partial charge >= 0.3 is 6.03 Å². The van der Waals surface area contributed by atoms with Gasteiger partial charge in [0.1, 0.15) is 0 Å². The molecule has 0 saturated carbocycles. The van der Waals surface area contributed by atoms with Crippen LogP contribution in [0.1, 0.15) is 11.1 Å². The molecule has 1 amide bonds. The van der Waals surface area contributed by atoms with E-state index in [1.165, 1.54) is 4.68 Å². The van der Waals surface area contributed by atoms with Gasteiger partial charge < -0.3 is 5.32 Å². The molecule has 1 aromatic heterocycles. The molecule has 0 bridgehead atoms. The Hall–Kier alpha value is -2.33. The van der Waals surface area contributed by atoms with E-state index >= 15 is 0 Å². The number of fused-ring (bicyclic) bond motifs is 1. The summed E-state index contributed by atoms with van der Waals surface area (Å²) in [5, 5.41) is 8.35. The molecule has 0 radical (unpaired) electrons. The second kappa shape index (κ2) is 5.22. The van der Waals surface area contributed by atoms with Crippen LogP contribution in [0, 0.1) is 13.8 Å². The Morgan fingerprint density at radius 2 is 1.86 bits per heavy atom. The fourth-order valence-corrected chi connectivity index (χ4v) is 2.46. The van der Waals surface area contributed by atoms with Gasteiger partial charge in [0.25, 0.3) is 0 Å². The Balaban J connectivity index is 1.95. The Bertz CT molecular complexity index is 839. The summed E-state index contributed by atoms with van der Waals surface area (Å²) in [6.45, 7) is 3.92. The normalized spacial score (nSPS) is 10.8. The van der Waals surface area contributed by atoms with Gasteiger partial charge in [-0.25, -0.2) is 4.79 Å². The summed E-state index contributed by atoms with van der Waals surface area (Å²) >= 11 is 6.13. The van der Waals surface area contributed by atoms with E-state index in [4.69, 9.17) is 11.6 Å². The minimum absolute atomic E-state index is 0.332. The zero-order chi connectivity index (χ0) is 15.0. The summed E-state index contributed by atoms with van der Waals surface area (Å²) in [5.41, 5.74) is 3.46. The zero-order valence-corrected chi connectivity index (χ0v) is 12.5. The quantitative estimate of drug-likeness (QED) is 0.724. The topological polar surface area (TPSA) is 46.9 Å². The van der Waals surface area contributed by atoms with Crippen molar-refractivity contribution in [3.63, 3.8) is 0 Å². The van der Waals surface area contributed by atoms with Crippen molar-refractivity contribution in [2.75, 3.05) is 5.32 Å². The van der Waals surface area contributed by atoms with Gasteiger partial charge in [-0.15, -0.1) is 0 Å². The fourth-order valence-electron chi connectivity index (χ4n) is 2.18. The molecular weight excluding hydrogens is 286 g/mol. The van der Waals surface area contributed by atoms with Crippen LogP contribution in [0.3, 0.4) is 0 Å². The number of hydrogen-bond acceptors (Lipinski definition) is 2. The van der Waals surface area contributed by atoms with Crippen molar-refractivity contribution in [2.24, 2.45) is 0 Å². The molecule has 0 saturated heterocycles. The molecule has 2 aromatic carbocycles. The minimum atomic E-state index is -0.332. The lowest BCUT2D eigenvalue weighted by Gasteiger charge is -2.08. The maximum atomic E-state index is 12.4. The molecule has 0 fully saturated rings. The number of anilines is 1. The van der Waals surface area contributed by atoms with Crippen molar-refractivity contribution in [2.45, 2.75) is 13.8 Å². The van der Waals surface area contributed by atoms with Crippen LogP contribution in [0.15, 0.2) is 42.6 Å². The number of rotatable bonds is 1. The maximum Gasteiger partial charge on any atom is 0.347 e. The fraction of sp³-hybridized carbons (Fsp3) is 0.125. The molecule has 0 spiro atoms. The van der Waals surface area contributed by atoms with E-state index in [2.05, 4.69) is 10.4 Å². The van der Waals surface area contributed by atoms with Gasteiger partial charge in [-0.05, 0) is 43.2 Å². The molecule has 0 atom stereocenters. The second-order valence-electron chi connectivity index (χ2n) is 5.03. The number of benzene rings is 2. The molecule has 106 valence electrons. The minimum Gasteiger partial charge on any atom is -0.305 e. The van der Waals surface area contributed by atoms with E-state index in [1.807, 2.05) is 44.2 Å². The molecule has 3 aromatic rings. The highest BCUT2D eigenvalue weighted by molar-refractivity contribution is 6.33. The summed E-state index contributed by atoms with van der Waals surface area (Å²) in [6.07, 6.45) is 1.67. The van der Waals surface area contributed by atoms with Crippen LogP contribution in [-0.2, 0) is 0 Å². The smallest absolute Gasteiger partial charge is 0.305 e. The van der Waals surface area contributed by atoms with Gasteiger partial charge in [-0.2, -0.15) is 9.78 Å². The largest absolute Gasteiger partial charge is 0.347 e. The molecule has 0 aliphatic rings. The lowest BCUT2D eigenvalue weighted by atomic mass is 10.2. The molecule has 21 heavy (non-hydrogen) atoms. The number of carbonyl (C=O) groups excluding carboxylic acids is 1. The Morgan fingerprint density at radius 3 is 2.62 bits per heavy atom. The van der Waals surface area contributed by atoms with Gasteiger partial charge in [0.15, 0.2) is 0 Å². The van der Waals surface area contributed by atoms with E-state index in [0.29, 0.717) is 10.7 Å². The Labute approximate surface area is 127 Å². The van der Waals surface area contributed by atoms with Crippen molar-refractivity contribution < 1.29 is 4.79 Å². The van der Waals surface area contributed by atoms with Crippen LogP contribution in [0.25, 0.3) is 10.9 Å². The standard InChI is InChI=1S/C16H14ClN3O/c1-10-4-6-14(13(17)7-10)19-16(21)20-15-8-11(2)3-5-12(15)9-18-20/h3-9H,1-2H3,(H,19,21). The Morgan fingerprint density at radius 1 is 1.14 bits per heavy atom. The van der Waals surface area contributed by atoms with E-state index < -0.39 is 0 Å². The summed E-state index contributed by atoms with van der Waals surface area (Å²) in [5.74, 6) is 0. The maximum absolute atomic E-state index is 12.4. The molecule has 0 aliphatic carbocycles. The molecule has 1 heterocycles. The van der Waals surface area contributed by atoms with E-state index in [1.54, 1.807) is 12.3 Å². The van der Waals surface area contributed by atoms with Crippen molar-refractivity contribution in [1.82, 2.24) is 9.78 Å². The number of nitrogens with one attached hydrogen (secondary N) is 1. The number of hydrogen-bond donors (Lipinski definition) is 1.